The Morgan fingerprint density at radius 3 is 2.31 bits per heavy atom. The molecule has 29 heavy (non-hydrogen) atoms. The van der Waals surface area contributed by atoms with Crippen LogP contribution in [-0.4, -0.2) is 41.0 Å². The number of fused-ring (bicyclic) bond motifs is 3. The van der Waals surface area contributed by atoms with E-state index >= 15 is 0 Å². The predicted molar refractivity (Wildman–Crippen MR) is 101 cm³/mol. The first kappa shape index (κ1) is 19.7. The summed E-state index contributed by atoms with van der Waals surface area (Å²) in [6.07, 6.45) is -1.23. The number of rotatable bonds is 4. The largest absolute Gasteiger partial charge is 0.456 e. The molecule has 1 amide bonds. The fourth-order valence-electron chi connectivity index (χ4n) is 4.20. The van der Waals surface area contributed by atoms with Crippen molar-refractivity contribution in [2.45, 2.75) is 38.0 Å². The Labute approximate surface area is 166 Å². The van der Waals surface area contributed by atoms with Gasteiger partial charge in [-0.2, -0.15) is 13.2 Å². The number of hydrogen-bond acceptors (Lipinski definition) is 4. The molecular formula is C21H22F3N3O2. The molecule has 2 atom stereocenters. The van der Waals surface area contributed by atoms with Crippen molar-refractivity contribution in [2.75, 3.05) is 13.1 Å². The summed E-state index contributed by atoms with van der Waals surface area (Å²) in [4.78, 5) is 18.4. The Morgan fingerprint density at radius 2 is 1.76 bits per heavy atom. The lowest BCUT2D eigenvalue weighted by molar-refractivity contribution is -0.141. The van der Waals surface area contributed by atoms with E-state index in [9.17, 15) is 18.0 Å². The summed E-state index contributed by atoms with van der Waals surface area (Å²) >= 11 is 0. The lowest BCUT2D eigenvalue weighted by atomic mass is 9.79. The van der Waals surface area contributed by atoms with E-state index < -0.39 is 11.9 Å². The minimum atomic E-state index is -4.49. The minimum Gasteiger partial charge on any atom is -0.456 e. The predicted octanol–water partition coefficient (Wildman–Crippen LogP) is 4.11. The number of ether oxygens (including phenoxy) is 1. The van der Waals surface area contributed by atoms with Crippen LogP contribution in [0, 0.1) is 5.92 Å². The first-order valence-corrected chi connectivity index (χ1v) is 9.67. The standard InChI is InChI=1S/C21H22F3N3O2/c1-13-19(14-8-10-27(13)11-9-14)26-20(28)15-2-4-16(5-3-15)29-17-6-7-18(25-12-17)21(22,23)24/h2-7,12-14,19H,8-11H2,1H3,(H,26,28). The Balaban J connectivity index is 1.38. The van der Waals surface area contributed by atoms with Crippen LogP contribution in [0.5, 0.6) is 11.5 Å². The van der Waals surface area contributed by atoms with Gasteiger partial charge in [0.05, 0.1) is 6.20 Å². The number of hydrogen-bond donors (Lipinski definition) is 1. The molecule has 3 saturated heterocycles. The zero-order valence-corrected chi connectivity index (χ0v) is 15.9. The van der Waals surface area contributed by atoms with E-state index in [0.717, 1.165) is 38.2 Å². The summed E-state index contributed by atoms with van der Waals surface area (Å²) in [6.45, 7) is 4.36. The number of halogens is 3. The molecule has 1 aromatic carbocycles. The second kappa shape index (κ2) is 7.67. The van der Waals surface area contributed by atoms with Crippen LogP contribution in [0.4, 0.5) is 13.2 Å². The van der Waals surface area contributed by atoms with Crippen LogP contribution in [-0.2, 0) is 6.18 Å². The van der Waals surface area contributed by atoms with Crippen LogP contribution in [0.15, 0.2) is 42.6 Å². The second-order valence-corrected chi connectivity index (χ2v) is 7.62. The Hall–Kier alpha value is -2.61. The Bertz CT molecular complexity index is 858. The molecule has 8 heteroatoms. The molecule has 3 aliphatic heterocycles. The van der Waals surface area contributed by atoms with Crippen molar-refractivity contribution in [3.8, 4) is 11.5 Å². The third-order valence-corrected chi connectivity index (χ3v) is 5.85. The molecule has 2 unspecified atom stereocenters. The maximum absolute atomic E-state index is 12.6. The fourth-order valence-corrected chi connectivity index (χ4v) is 4.20. The maximum Gasteiger partial charge on any atom is 0.433 e. The van der Waals surface area contributed by atoms with E-state index in [1.54, 1.807) is 24.3 Å². The topological polar surface area (TPSA) is 54.5 Å². The van der Waals surface area contributed by atoms with Gasteiger partial charge in [0.2, 0.25) is 0 Å². The van der Waals surface area contributed by atoms with Gasteiger partial charge in [0.1, 0.15) is 17.2 Å². The van der Waals surface area contributed by atoms with Crippen LogP contribution in [0.1, 0.15) is 35.8 Å². The van der Waals surface area contributed by atoms with E-state index in [-0.39, 0.29) is 17.7 Å². The summed E-state index contributed by atoms with van der Waals surface area (Å²) < 4.78 is 43.2. The fraction of sp³-hybridized carbons (Fsp3) is 0.429. The summed E-state index contributed by atoms with van der Waals surface area (Å²) in [5.41, 5.74) is -0.453. The lowest BCUT2D eigenvalue weighted by Crippen LogP contribution is -2.62. The van der Waals surface area contributed by atoms with Gasteiger partial charge >= 0.3 is 6.18 Å². The van der Waals surface area contributed by atoms with Gasteiger partial charge in [-0.05, 0) is 75.2 Å². The summed E-state index contributed by atoms with van der Waals surface area (Å²) in [5, 5.41) is 3.17. The van der Waals surface area contributed by atoms with Crippen molar-refractivity contribution in [1.29, 1.82) is 0 Å². The molecule has 1 aromatic heterocycles. The molecule has 2 bridgehead atoms. The number of alkyl halides is 3. The molecule has 2 aromatic rings. The van der Waals surface area contributed by atoms with Crippen molar-refractivity contribution in [1.82, 2.24) is 15.2 Å². The molecule has 5 nitrogen and oxygen atoms in total. The number of carbonyl (C=O) groups is 1. The van der Waals surface area contributed by atoms with Gasteiger partial charge in [0.25, 0.3) is 5.91 Å². The Kier molecular flexibility index (Phi) is 5.21. The van der Waals surface area contributed by atoms with Gasteiger partial charge in [-0.1, -0.05) is 0 Å². The number of piperidine rings is 3. The van der Waals surface area contributed by atoms with Crippen molar-refractivity contribution in [3.05, 3.63) is 53.9 Å². The average molecular weight is 405 g/mol. The number of pyridine rings is 1. The number of nitrogens with zero attached hydrogens (tertiary/aromatic N) is 2. The van der Waals surface area contributed by atoms with Gasteiger partial charge in [-0.3, -0.25) is 9.69 Å². The Morgan fingerprint density at radius 1 is 1.10 bits per heavy atom. The number of nitrogens with one attached hydrogen (secondary N) is 1. The average Bonchev–Trinajstić information content (AvgIpc) is 2.71. The quantitative estimate of drug-likeness (QED) is 0.832. The van der Waals surface area contributed by atoms with Gasteiger partial charge in [-0.25, -0.2) is 4.98 Å². The second-order valence-electron chi connectivity index (χ2n) is 7.62. The molecule has 4 heterocycles. The third kappa shape index (κ3) is 4.22. The van der Waals surface area contributed by atoms with Crippen LogP contribution < -0.4 is 10.1 Å². The highest BCUT2D eigenvalue weighted by Gasteiger charge is 2.40. The molecule has 3 fully saturated rings. The van der Waals surface area contributed by atoms with Gasteiger partial charge in [0, 0.05) is 17.6 Å². The highest BCUT2D eigenvalue weighted by Crippen LogP contribution is 2.32. The van der Waals surface area contributed by atoms with Crippen molar-refractivity contribution >= 4 is 5.91 Å². The van der Waals surface area contributed by atoms with Gasteiger partial charge < -0.3 is 10.1 Å². The summed E-state index contributed by atoms with van der Waals surface area (Å²) in [7, 11) is 0. The summed E-state index contributed by atoms with van der Waals surface area (Å²) in [6, 6.07) is 9.10. The van der Waals surface area contributed by atoms with Gasteiger partial charge in [0.15, 0.2) is 0 Å². The van der Waals surface area contributed by atoms with E-state index in [0.29, 0.717) is 23.3 Å². The number of amides is 1. The van der Waals surface area contributed by atoms with Crippen molar-refractivity contribution in [3.63, 3.8) is 0 Å². The van der Waals surface area contributed by atoms with Crippen LogP contribution in [0.3, 0.4) is 0 Å². The minimum absolute atomic E-state index is 0.127. The molecule has 0 saturated carbocycles. The van der Waals surface area contributed by atoms with Gasteiger partial charge in [-0.15, -0.1) is 0 Å². The third-order valence-electron chi connectivity index (χ3n) is 5.85. The van der Waals surface area contributed by atoms with E-state index in [2.05, 4.69) is 22.1 Å². The lowest BCUT2D eigenvalue weighted by Gasteiger charge is -2.49. The SMILES string of the molecule is CC1C(NC(=O)c2ccc(Oc3ccc(C(F)(F)F)nc3)cc2)C2CCN1CC2. The highest BCUT2D eigenvalue weighted by molar-refractivity contribution is 5.94. The number of benzene rings is 1. The molecule has 1 N–H and O–H groups in total. The molecule has 0 spiro atoms. The zero-order chi connectivity index (χ0) is 20.6. The molecule has 0 aliphatic carbocycles. The van der Waals surface area contributed by atoms with E-state index in [1.165, 1.54) is 6.07 Å². The van der Waals surface area contributed by atoms with E-state index in [1.807, 2.05) is 0 Å². The smallest absolute Gasteiger partial charge is 0.433 e. The molecular weight excluding hydrogens is 383 g/mol. The van der Waals surface area contributed by atoms with Crippen LogP contribution in [0.25, 0.3) is 0 Å². The van der Waals surface area contributed by atoms with E-state index in [4.69, 9.17) is 4.74 Å². The number of carbonyl (C=O) groups excluding carboxylic acids is 1. The monoisotopic (exact) mass is 405 g/mol. The number of aromatic nitrogens is 1. The zero-order valence-electron chi connectivity index (χ0n) is 15.9. The van der Waals surface area contributed by atoms with Crippen molar-refractivity contribution in [2.24, 2.45) is 5.92 Å². The van der Waals surface area contributed by atoms with Crippen LogP contribution >= 0.6 is 0 Å². The highest BCUT2D eigenvalue weighted by atomic mass is 19.4. The normalized spacial score (nSPS) is 26.2. The van der Waals surface area contributed by atoms with Crippen LogP contribution in [0.2, 0.25) is 0 Å². The summed E-state index contributed by atoms with van der Waals surface area (Å²) in [5.74, 6) is 1.00. The molecule has 5 rings (SSSR count). The molecule has 0 radical (unpaired) electrons. The molecule has 154 valence electrons. The molecule has 3 aliphatic rings. The first-order valence-electron chi connectivity index (χ1n) is 9.67. The first-order chi connectivity index (χ1) is 13.8. The van der Waals surface area contributed by atoms with Crippen molar-refractivity contribution < 1.29 is 22.7 Å². The maximum atomic E-state index is 12.6.